The van der Waals surface area contributed by atoms with E-state index in [1.165, 1.54) is 11.8 Å². The third-order valence-electron chi connectivity index (χ3n) is 4.76. The summed E-state index contributed by atoms with van der Waals surface area (Å²) in [5, 5.41) is 13.1. The smallest absolute Gasteiger partial charge is 0.230 e. The summed E-state index contributed by atoms with van der Waals surface area (Å²) in [6, 6.07) is 27.2. The van der Waals surface area contributed by atoms with Crippen LogP contribution in [0.4, 0.5) is 0 Å². The Balaban J connectivity index is 1.54. The number of rotatable bonds is 7. The van der Waals surface area contributed by atoms with Gasteiger partial charge in [0.05, 0.1) is 11.8 Å². The minimum Gasteiger partial charge on any atom is -0.349 e. The predicted octanol–water partition coefficient (Wildman–Crippen LogP) is 5.56. The third kappa shape index (κ3) is 5.16. The van der Waals surface area contributed by atoms with Crippen LogP contribution in [0.15, 0.2) is 90.1 Å². The highest BCUT2D eigenvalue weighted by Gasteiger charge is 2.18. The topological polar surface area (TPSA) is 59.8 Å². The molecule has 4 aromatic rings. The minimum atomic E-state index is -0.0640. The normalized spacial score (nSPS) is 11.8. The first-order chi connectivity index (χ1) is 15.1. The Labute approximate surface area is 190 Å². The van der Waals surface area contributed by atoms with Crippen LogP contribution in [0.1, 0.15) is 18.5 Å². The van der Waals surface area contributed by atoms with Gasteiger partial charge in [0.15, 0.2) is 11.0 Å². The number of nitrogens with one attached hydrogen (secondary N) is 1. The Hall–Kier alpha value is -3.09. The number of halogens is 1. The fraction of sp³-hybridized carbons (Fsp3) is 0.125. The van der Waals surface area contributed by atoms with Gasteiger partial charge in [0.2, 0.25) is 5.91 Å². The molecule has 1 heterocycles. The first kappa shape index (κ1) is 21.2. The van der Waals surface area contributed by atoms with Crippen molar-refractivity contribution < 1.29 is 4.79 Å². The Morgan fingerprint density at radius 2 is 1.61 bits per heavy atom. The van der Waals surface area contributed by atoms with Crippen LogP contribution in [0.2, 0.25) is 5.02 Å². The van der Waals surface area contributed by atoms with E-state index in [0.717, 1.165) is 16.8 Å². The van der Waals surface area contributed by atoms with Crippen molar-refractivity contribution in [3.63, 3.8) is 0 Å². The lowest BCUT2D eigenvalue weighted by molar-refractivity contribution is -0.119. The molecule has 0 saturated heterocycles. The highest BCUT2D eigenvalue weighted by Crippen LogP contribution is 2.28. The minimum absolute atomic E-state index is 0.0583. The van der Waals surface area contributed by atoms with Crippen molar-refractivity contribution in [2.75, 3.05) is 5.75 Å². The van der Waals surface area contributed by atoms with Crippen molar-refractivity contribution in [3.8, 4) is 17.1 Å². The van der Waals surface area contributed by atoms with Crippen molar-refractivity contribution in [2.45, 2.75) is 18.1 Å². The summed E-state index contributed by atoms with van der Waals surface area (Å²) in [6.45, 7) is 1.98. The highest BCUT2D eigenvalue weighted by atomic mass is 35.5. The van der Waals surface area contributed by atoms with Crippen LogP contribution in [-0.2, 0) is 4.79 Å². The van der Waals surface area contributed by atoms with Crippen LogP contribution in [0.3, 0.4) is 0 Å². The van der Waals surface area contributed by atoms with Crippen LogP contribution in [0.25, 0.3) is 17.1 Å². The maximum Gasteiger partial charge on any atom is 0.230 e. The van der Waals surface area contributed by atoms with Gasteiger partial charge in [0.1, 0.15) is 0 Å². The molecule has 1 aromatic heterocycles. The Bertz CT molecular complexity index is 1150. The van der Waals surface area contributed by atoms with Crippen molar-refractivity contribution in [1.29, 1.82) is 0 Å². The number of carbonyl (C=O) groups is 1. The Morgan fingerprint density at radius 1 is 0.968 bits per heavy atom. The molecule has 0 fully saturated rings. The second-order valence-electron chi connectivity index (χ2n) is 6.97. The molecule has 7 heteroatoms. The molecule has 1 amide bonds. The zero-order chi connectivity index (χ0) is 21.6. The first-order valence-corrected chi connectivity index (χ1v) is 11.2. The molecular weight excluding hydrogens is 428 g/mol. The standard InChI is InChI=1S/C24H21ClN4OS/c1-17(18-8-4-2-5-9-18)26-22(30)16-31-24-28-27-23(19-12-14-20(25)15-13-19)29(24)21-10-6-3-7-11-21/h2-15,17H,16H2,1H3,(H,26,30). The predicted molar refractivity (Wildman–Crippen MR) is 126 cm³/mol. The largest absolute Gasteiger partial charge is 0.349 e. The fourth-order valence-corrected chi connectivity index (χ4v) is 4.09. The lowest BCUT2D eigenvalue weighted by atomic mass is 10.1. The van der Waals surface area contributed by atoms with E-state index in [1.54, 1.807) is 0 Å². The SMILES string of the molecule is CC(NC(=O)CSc1nnc(-c2ccc(Cl)cc2)n1-c1ccccc1)c1ccccc1. The van der Waals surface area contributed by atoms with E-state index in [4.69, 9.17) is 11.6 Å². The second kappa shape index (κ2) is 9.81. The number of aromatic nitrogens is 3. The molecule has 0 spiro atoms. The number of carbonyl (C=O) groups excluding carboxylic acids is 1. The van der Waals surface area contributed by atoms with Crippen molar-refractivity contribution in [1.82, 2.24) is 20.1 Å². The summed E-state index contributed by atoms with van der Waals surface area (Å²) in [5.41, 5.74) is 2.89. The molecule has 1 atom stereocenters. The molecule has 0 saturated carbocycles. The van der Waals surface area contributed by atoms with Crippen LogP contribution < -0.4 is 5.32 Å². The number of amides is 1. The van der Waals surface area contributed by atoms with Gasteiger partial charge in [0, 0.05) is 16.3 Å². The molecule has 0 aliphatic heterocycles. The molecule has 0 bridgehead atoms. The maximum atomic E-state index is 12.6. The number of para-hydroxylation sites is 1. The van der Waals surface area contributed by atoms with Crippen molar-refractivity contribution >= 4 is 29.3 Å². The van der Waals surface area contributed by atoms with E-state index in [1.807, 2.05) is 96.4 Å². The molecular formula is C24H21ClN4OS. The van der Waals surface area contributed by atoms with Crippen molar-refractivity contribution in [2.24, 2.45) is 0 Å². The summed E-state index contributed by atoms with van der Waals surface area (Å²) in [5.74, 6) is 0.878. The molecule has 156 valence electrons. The molecule has 1 unspecified atom stereocenters. The van der Waals surface area contributed by atoms with E-state index in [2.05, 4.69) is 15.5 Å². The third-order valence-corrected chi connectivity index (χ3v) is 5.94. The summed E-state index contributed by atoms with van der Waals surface area (Å²) in [4.78, 5) is 12.6. The molecule has 31 heavy (non-hydrogen) atoms. The molecule has 0 radical (unpaired) electrons. The van der Waals surface area contributed by atoms with Gasteiger partial charge in [-0.3, -0.25) is 9.36 Å². The van der Waals surface area contributed by atoms with Crippen LogP contribution >= 0.6 is 23.4 Å². The van der Waals surface area contributed by atoms with E-state index in [0.29, 0.717) is 16.0 Å². The zero-order valence-electron chi connectivity index (χ0n) is 16.9. The zero-order valence-corrected chi connectivity index (χ0v) is 18.5. The van der Waals surface area contributed by atoms with E-state index in [-0.39, 0.29) is 17.7 Å². The molecule has 5 nitrogen and oxygen atoms in total. The van der Waals surface area contributed by atoms with Crippen molar-refractivity contribution in [3.05, 3.63) is 95.5 Å². The number of hydrogen-bond donors (Lipinski definition) is 1. The second-order valence-corrected chi connectivity index (χ2v) is 8.35. The first-order valence-electron chi connectivity index (χ1n) is 9.85. The Morgan fingerprint density at radius 3 is 2.29 bits per heavy atom. The van der Waals surface area contributed by atoms with E-state index < -0.39 is 0 Å². The van der Waals surface area contributed by atoms with Gasteiger partial charge in [-0.15, -0.1) is 10.2 Å². The number of hydrogen-bond acceptors (Lipinski definition) is 4. The number of nitrogens with zero attached hydrogens (tertiary/aromatic N) is 3. The van der Waals surface area contributed by atoms with Gasteiger partial charge in [-0.05, 0) is 48.9 Å². The molecule has 4 rings (SSSR count). The quantitative estimate of drug-likeness (QED) is 0.376. The molecule has 3 aromatic carbocycles. The average molecular weight is 449 g/mol. The number of thioether (sulfide) groups is 1. The molecule has 1 N–H and O–H groups in total. The average Bonchev–Trinajstić information content (AvgIpc) is 3.23. The van der Waals surface area contributed by atoms with Crippen LogP contribution in [0.5, 0.6) is 0 Å². The molecule has 0 aliphatic carbocycles. The van der Waals surface area contributed by atoms with Gasteiger partial charge >= 0.3 is 0 Å². The lowest BCUT2D eigenvalue weighted by Crippen LogP contribution is -2.28. The highest BCUT2D eigenvalue weighted by molar-refractivity contribution is 7.99. The van der Waals surface area contributed by atoms with E-state index >= 15 is 0 Å². The monoisotopic (exact) mass is 448 g/mol. The lowest BCUT2D eigenvalue weighted by Gasteiger charge is -2.14. The van der Waals surface area contributed by atoms with Gasteiger partial charge in [-0.2, -0.15) is 0 Å². The van der Waals surface area contributed by atoms with E-state index in [9.17, 15) is 4.79 Å². The van der Waals surface area contributed by atoms with Crippen LogP contribution in [0, 0.1) is 0 Å². The Kier molecular flexibility index (Phi) is 6.70. The summed E-state index contributed by atoms with van der Waals surface area (Å²) in [7, 11) is 0. The summed E-state index contributed by atoms with van der Waals surface area (Å²) >= 11 is 7.40. The maximum absolute atomic E-state index is 12.6. The number of benzene rings is 3. The fourth-order valence-electron chi connectivity index (χ4n) is 3.20. The molecule has 0 aliphatic rings. The summed E-state index contributed by atoms with van der Waals surface area (Å²) in [6.07, 6.45) is 0. The van der Waals surface area contributed by atoms with Gasteiger partial charge in [0.25, 0.3) is 0 Å². The summed E-state index contributed by atoms with van der Waals surface area (Å²) < 4.78 is 1.96. The van der Waals surface area contributed by atoms with Gasteiger partial charge in [-0.1, -0.05) is 71.9 Å². The van der Waals surface area contributed by atoms with Gasteiger partial charge in [-0.25, -0.2) is 0 Å². The van der Waals surface area contributed by atoms with Gasteiger partial charge < -0.3 is 5.32 Å². The van der Waals surface area contributed by atoms with Crippen LogP contribution in [-0.4, -0.2) is 26.4 Å².